The van der Waals surface area contributed by atoms with Gasteiger partial charge < -0.3 is 25.4 Å². The molecule has 2 fully saturated rings. The zero-order valence-corrected chi connectivity index (χ0v) is 20.6. The van der Waals surface area contributed by atoms with Crippen molar-refractivity contribution in [1.82, 2.24) is 31.1 Å². The number of carbonyl (C=O) groups excluding carboxylic acids is 2. The molecule has 0 radical (unpaired) electrons. The summed E-state index contributed by atoms with van der Waals surface area (Å²) in [6.45, 7) is 6.25. The van der Waals surface area contributed by atoms with E-state index in [9.17, 15) is 9.59 Å². The minimum atomic E-state index is -0.429. The number of rotatable bonds is 6. The first-order valence-corrected chi connectivity index (χ1v) is 11.9. The zero-order chi connectivity index (χ0) is 24.2. The van der Waals surface area contributed by atoms with Crippen LogP contribution in [-0.2, 0) is 4.84 Å². The zero-order valence-electron chi connectivity index (χ0n) is 19.1. The monoisotopic (exact) mass is 510 g/mol. The maximum absolute atomic E-state index is 12.7. The normalized spacial score (nSPS) is 17.1. The lowest BCUT2D eigenvalue weighted by Crippen LogP contribution is -2.46. The van der Waals surface area contributed by atoms with Crippen LogP contribution in [0.25, 0.3) is 0 Å². The Morgan fingerprint density at radius 2 is 1.76 bits per heavy atom. The van der Waals surface area contributed by atoms with E-state index >= 15 is 0 Å². The number of aromatic nitrogens is 3. The summed E-state index contributed by atoms with van der Waals surface area (Å²) in [6.07, 6.45) is 1.42. The molecule has 0 atom stereocenters. The van der Waals surface area contributed by atoms with Gasteiger partial charge >= 0.3 is 0 Å². The van der Waals surface area contributed by atoms with Crippen molar-refractivity contribution in [2.24, 2.45) is 0 Å². The summed E-state index contributed by atoms with van der Waals surface area (Å²) in [5.74, 6) is 0.482. The van der Waals surface area contributed by atoms with Crippen molar-refractivity contribution in [3.05, 3.63) is 33.2 Å². The Kier molecular flexibility index (Phi) is 7.77. The first kappa shape index (κ1) is 24.5. The Morgan fingerprint density at radius 1 is 1.06 bits per heavy atom. The number of aryl methyl sites for hydroxylation is 1. The molecule has 0 spiro atoms. The highest BCUT2D eigenvalue weighted by atomic mass is 35.5. The molecule has 0 saturated carbocycles. The number of piperazine rings is 1. The van der Waals surface area contributed by atoms with E-state index in [0.717, 1.165) is 26.2 Å². The van der Waals surface area contributed by atoms with E-state index in [4.69, 9.17) is 33.0 Å². The largest absolute Gasteiger partial charge is 0.356 e. The van der Waals surface area contributed by atoms with Gasteiger partial charge in [0.15, 0.2) is 0 Å². The van der Waals surface area contributed by atoms with Crippen LogP contribution >= 0.6 is 23.2 Å². The molecule has 4 rings (SSSR count). The van der Waals surface area contributed by atoms with Gasteiger partial charge in [-0.05, 0) is 19.8 Å². The van der Waals surface area contributed by atoms with Gasteiger partial charge in [0.25, 0.3) is 11.8 Å². The topological polar surface area (TPSA) is 128 Å². The van der Waals surface area contributed by atoms with Crippen LogP contribution in [0.2, 0.25) is 10.0 Å². The highest BCUT2D eigenvalue weighted by molar-refractivity contribution is 6.44. The number of amides is 2. The van der Waals surface area contributed by atoms with Crippen LogP contribution < -0.4 is 25.9 Å². The molecule has 2 aromatic rings. The molecule has 2 aromatic heterocycles. The summed E-state index contributed by atoms with van der Waals surface area (Å²) in [4.78, 5) is 46.2. The molecule has 4 heterocycles. The lowest BCUT2D eigenvalue weighted by atomic mass is 10.0. The van der Waals surface area contributed by atoms with Gasteiger partial charge in [-0.2, -0.15) is 4.98 Å². The van der Waals surface area contributed by atoms with E-state index in [1.807, 2.05) is 0 Å². The van der Waals surface area contributed by atoms with Crippen molar-refractivity contribution in [2.45, 2.75) is 25.8 Å². The van der Waals surface area contributed by atoms with Crippen LogP contribution in [-0.4, -0.2) is 79.2 Å². The van der Waals surface area contributed by atoms with E-state index in [-0.39, 0.29) is 28.4 Å². The van der Waals surface area contributed by atoms with Gasteiger partial charge in [0.05, 0.1) is 17.2 Å². The average molecular weight is 511 g/mol. The smallest absolute Gasteiger partial charge is 0.293 e. The van der Waals surface area contributed by atoms with Crippen LogP contribution in [0, 0.1) is 6.92 Å². The third-order valence-electron chi connectivity index (χ3n) is 5.96. The van der Waals surface area contributed by atoms with Crippen LogP contribution in [0.3, 0.4) is 0 Å². The number of piperidine rings is 1. The summed E-state index contributed by atoms with van der Waals surface area (Å²) in [7, 11) is 1.38. The quantitative estimate of drug-likeness (QED) is 0.430. The molecule has 13 heteroatoms. The molecule has 2 saturated heterocycles. The number of hydrogen-bond acceptors (Lipinski definition) is 8. The molecule has 11 nitrogen and oxygen atoms in total. The molecule has 0 aliphatic carbocycles. The molecule has 184 valence electrons. The van der Waals surface area contributed by atoms with Crippen molar-refractivity contribution in [1.29, 1.82) is 0 Å². The Morgan fingerprint density at radius 3 is 2.38 bits per heavy atom. The molecule has 2 aliphatic rings. The minimum absolute atomic E-state index is 0.0204. The fraction of sp³-hybridized carbons (Fsp3) is 0.524. The van der Waals surface area contributed by atoms with Crippen molar-refractivity contribution in [3.8, 4) is 0 Å². The van der Waals surface area contributed by atoms with E-state index in [1.165, 1.54) is 7.11 Å². The van der Waals surface area contributed by atoms with E-state index < -0.39 is 5.91 Å². The van der Waals surface area contributed by atoms with Crippen molar-refractivity contribution in [3.63, 3.8) is 0 Å². The van der Waals surface area contributed by atoms with Crippen LogP contribution in [0.1, 0.15) is 39.5 Å². The number of halogens is 2. The Labute approximate surface area is 207 Å². The molecule has 4 N–H and O–H groups in total. The number of hydrogen-bond donors (Lipinski definition) is 4. The summed E-state index contributed by atoms with van der Waals surface area (Å²) in [5, 5.41) is 6.92. The number of anilines is 2. The second-order valence-corrected chi connectivity index (χ2v) is 9.03. The average Bonchev–Trinajstić information content (AvgIpc) is 3.12. The minimum Gasteiger partial charge on any atom is -0.356 e. The molecular formula is C21H28Cl2N8O3. The van der Waals surface area contributed by atoms with Gasteiger partial charge in [-0.1, -0.05) is 23.2 Å². The van der Waals surface area contributed by atoms with Gasteiger partial charge in [0, 0.05) is 57.1 Å². The molecule has 0 unspecified atom stereocenters. The summed E-state index contributed by atoms with van der Waals surface area (Å²) < 4.78 is 0. The summed E-state index contributed by atoms with van der Waals surface area (Å²) in [5.41, 5.74) is 3.50. The van der Waals surface area contributed by atoms with Crippen LogP contribution in [0.15, 0.2) is 6.07 Å². The maximum Gasteiger partial charge on any atom is 0.293 e. The van der Waals surface area contributed by atoms with Gasteiger partial charge in [0.2, 0.25) is 5.95 Å². The second kappa shape index (κ2) is 10.8. The fourth-order valence-corrected chi connectivity index (χ4v) is 4.51. The van der Waals surface area contributed by atoms with Gasteiger partial charge in [-0.15, -0.1) is 0 Å². The Hall–Kier alpha value is -2.60. The fourth-order valence-electron chi connectivity index (χ4n) is 4.09. The Bertz CT molecular complexity index is 1050. The van der Waals surface area contributed by atoms with E-state index in [1.54, 1.807) is 13.0 Å². The lowest BCUT2D eigenvalue weighted by Gasteiger charge is -2.34. The Balaban J connectivity index is 1.45. The van der Waals surface area contributed by atoms with Crippen molar-refractivity contribution >= 4 is 46.8 Å². The summed E-state index contributed by atoms with van der Waals surface area (Å²) >= 11 is 12.3. The number of carbonyl (C=O) groups is 2. The first-order valence-electron chi connectivity index (χ1n) is 11.1. The van der Waals surface area contributed by atoms with Gasteiger partial charge in [-0.25, -0.2) is 10.5 Å². The van der Waals surface area contributed by atoms with Crippen molar-refractivity contribution in [2.75, 3.05) is 56.2 Å². The second-order valence-electron chi connectivity index (χ2n) is 8.27. The molecular weight excluding hydrogens is 483 g/mol. The third kappa shape index (κ3) is 5.38. The number of hydroxylamine groups is 1. The van der Waals surface area contributed by atoms with Gasteiger partial charge in [0.1, 0.15) is 17.2 Å². The molecule has 2 amide bonds. The standard InChI is InChI=1S/C21H28Cl2N8O3/c1-12-16(22)17(23)18(25-12)20(33)26-13-3-7-30(8-4-13)15-11-14(19(32)29-34-2)27-21(28-15)31-9-5-24-6-10-31/h11,13,24-25H,3-10H2,1-2H3,(H,26,33)(H,29,32). The third-order valence-corrected chi connectivity index (χ3v) is 6.91. The lowest BCUT2D eigenvalue weighted by molar-refractivity contribution is 0.0532. The number of nitrogens with zero attached hydrogens (tertiary/aromatic N) is 4. The van der Waals surface area contributed by atoms with Crippen molar-refractivity contribution < 1.29 is 14.4 Å². The maximum atomic E-state index is 12.7. The molecule has 0 aromatic carbocycles. The van der Waals surface area contributed by atoms with Gasteiger partial charge in [-0.3, -0.25) is 14.4 Å². The van der Waals surface area contributed by atoms with Crippen LogP contribution in [0.4, 0.5) is 11.8 Å². The number of H-pyrrole nitrogens is 1. The first-order chi connectivity index (χ1) is 16.4. The van der Waals surface area contributed by atoms with E-state index in [0.29, 0.717) is 48.4 Å². The summed E-state index contributed by atoms with van der Waals surface area (Å²) in [6, 6.07) is 1.65. The van der Waals surface area contributed by atoms with Crippen LogP contribution in [0.5, 0.6) is 0 Å². The predicted octanol–water partition coefficient (Wildman–Crippen LogP) is 1.52. The SMILES string of the molecule is CONC(=O)c1cc(N2CCC(NC(=O)c3[nH]c(C)c(Cl)c3Cl)CC2)nc(N2CCNCC2)n1. The molecule has 2 aliphatic heterocycles. The number of aromatic amines is 1. The highest BCUT2D eigenvalue weighted by Crippen LogP contribution is 2.29. The molecule has 0 bridgehead atoms. The molecule has 34 heavy (non-hydrogen) atoms. The number of nitrogens with one attached hydrogen (secondary N) is 4. The van der Waals surface area contributed by atoms with E-state index in [2.05, 4.69) is 35.9 Å². The highest BCUT2D eigenvalue weighted by Gasteiger charge is 2.26. The predicted molar refractivity (Wildman–Crippen MR) is 130 cm³/mol.